The predicted octanol–water partition coefficient (Wildman–Crippen LogP) is 5.83. The molecule has 0 atom stereocenters. The third-order valence-electron chi connectivity index (χ3n) is 3.73. The van der Waals surface area contributed by atoms with Crippen LogP contribution in [0.5, 0.6) is 5.75 Å². The van der Waals surface area contributed by atoms with Gasteiger partial charge in [-0.15, -0.1) is 0 Å². The van der Waals surface area contributed by atoms with Crippen LogP contribution in [0.1, 0.15) is 23.6 Å². The molecule has 1 N–H and O–H groups in total. The van der Waals surface area contributed by atoms with Crippen LogP contribution in [-0.2, 0) is 11.2 Å². The van der Waals surface area contributed by atoms with E-state index >= 15 is 0 Å². The summed E-state index contributed by atoms with van der Waals surface area (Å²) < 4.78 is 5.90. The maximum atomic E-state index is 10.9. The molecule has 134 valence electrons. The normalized spacial score (nSPS) is 12.0. The summed E-state index contributed by atoms with van der Waals surface area (Å²) in [6.45, 7) is 7.72. The third-order valence-corrected chi connectivity index (χ3v) is 4.04. The standard InChI is InChI=1S/C22H21ClO3/c1-4-17(20-10-9-15(3)11-21(20)23)14-18(5-2)26-19-8-6-7-16(12-19)13-22(24)25/h4-12,14H,1,13H2,2-3H3,(H,24,25)/b17-14+,18-5+. The zero-order valence-corrected chi connectivity index (χ0v) is 15.6. The molecule has 0 aliphatic heterocycles. The quantitative estimate of drug-likeness (QED) is 0.494. The predicted molar refractivity (Wildman–Crippen MR) is 107 cm³/mol. The first-order chi connectivity index (χ1) is 12.4. The van der Waals surface area contributed by atoms with Crippen molar-refractivity contribution in [1.82, 2.24) is 0 Å². The summed E-state index contributed by atoms with van der Waals surface area (Å²) in [4.78, 5) is 10.9. The molecule has 4 heteroatoms. The molecule has 0 saturated carbocycles. The van der Waals surface area contributed by atoms with Crippen LogP contribution >= 0.6 is 11.6 Å². The molecule has 2 rings (SSSR count). The Morgan fingerprint density at radius 1 is 1.27 bits per heavy atom. The first-order valence-electron chi connectivity index (χ1n) is 8.18. The van der Waals surface area contributed by atoms with Gasteiger partial charge in [-0.1, -0.05) is 48.5 Å². The number of aliphatic carboxylic acids is 1. The Morgan fingerprint density at radius 2 is 2.04 bits per heavy atom. The molecule has 0 unspecified atom stereocenters. The molecule has 0 spiro atoms. The second-order valence-corrected chi connectivity index (χ2v) is 6.21. The zero-order chi connectivity index (χ0) is 19.1. The minimum atomic E-state index is -0.878. The molecule has 0 saturated heterocycles. The van der Waals surface area contributed by atoms with Gasteiger partial charge in [0.2, 0.25) is 0 Å². The number of ether oxygens (including phenoxy) is 1. The van der Waals surface area contributed by atoms with Crippen molar-refractivity contribution in [3.8, 4) is 5.75 Å². The number of carbonyl (C=O) groups is 1. The van der Waals surface area contributed by atoms with Crippen molar-refractivity contribution in [2.75, 3.05) is 0 Å². The summed E-state index contributed by atoms with van der Waals surface area (Å²) in [6.07, 6.45) is 5.36. The SMILES string of the molecule is C=C/C(=C\C(=C/C)Oc1cccc(CC(=O)O)c1)c1ccc(C)cc1Cl. The Morgan fingerprint density at radius 3 is 2.65 bits per heavy atom. The average Bonchev–Trinajstić information content (AvgIpc) is 2.59. The average molecular weight is 369 g/mol. The maximum absolute atomic E-state index is 10.9. The lowest BCUT2D eigenvalue weighted by Crippen LogP contribution is -2.00. The Labute approximate surface area is 158 Å². The summed E-state index contributed by atoms with van der Waals surface area (Å²) >= 11 is 6.35. The van der Waals surface area contributed by atoms with Gasteiger partial charge in [0.05, 0.1) is 6.42 Å². The third kappa shape index (κ3) is 5.36. The molecule has 0 aliphatic carbocycles. The smallest absolute Gasteiger partial charge is 0.307 e. The van der Waals surface area contributed by atoms with E-state index in [9.17, 15) is 4.79 Å². The van der Waals surface area contributed by atoms with E-state index in [1.54, 1.807) is 30.3 Å². The highest BCUT2D eigenvalue weighted by Crippen LogP contribution is 2.27. The number of allylic oxidation sites excluding steroid dienone is 4. The largest absolute Gasteiger partial charge is 0.481 e. The molecule has 0 amide bonds. The monoisotopic (exact) mass is 368 g/mol. The summed E-state index contributed by atoms with van der Waals surface area (Å²) in [5.41, 5.74) is 3.47. The van der Waals surface area contributed by atoms with Gasteiger partial charge in [-0.25, -0.2) is 0 Å². The van der Waals surface area contributed by atoms with Crippen molar-refractivity contribution < 1.29 is 14.6 Å². The van der Waals surface area contributed by atoms with Crippen LogP contribution in [0.25, 0.3) is 5.57 Å². The maximum Gasteiger partial charge on any atom is 0.307 e. The van der Waals surface area contributed by atoms with Gasteiger partial charge in [0.15, 0.2) is 0 Å². The first kappa shape index (κ1) is 19.5. The number of halogens is 1. The van der Waals surface area contributed by atoms with Crippen LogP contribution in [0, 0.1) is 6.92 Å². The van der Waals surface area contributed by atoms with Crippen molar-refractivity contribution in [2.24, 2.45) is 0 Å². The number of aryl methyl sites for hydroxylation is 1. The summed E-state index contributed by atoms with van der Waals surface area (Å²) in [5.74, 6) is 0.312. The van der Waals surface area contributed by atoms with Crippen LogP contribution < -0.4 is 4.74 Å². The van der Waals surface area contributed by atoms with Gasteiger partial charge in [-0.3, -0.25) is 4.79 Å². The van der Waals surface area contributed by atoms with Gasteiger partial charge in [-0.2, -0.15) is 0 Å². The summed E-state index contributed by atoms with van der Waals surface area (Å²) in [5, 5.41) is 9.57. The Balaban J connectivity index is 2.28. The number of hydrogen-bond donors (Lipinski definition) is 1. The minimum Gasteiger partial charge on any atom is -0.481 e. The van der Waals surface area contributed by atoms with Crippen LogP contribution in [0.2, 0.25) is 5.02 Å². The Kier molecular flexibility index (Phi) is 6.81. The van der Waals surface area contributed by atoms with Crippen LogP contribution in [0.4, 0.5) is 0 Å². The van der Waals surface area contributed by atoms with Gasteiger partial charge in [-0.05, 0) is 60.9 Å². The van der Waals surface area contributed by atoms with E-state index in [0.29, 0.717) is 22.1 Å². The molecule has 0 fully saturated rings. The summed E-state index contributed by atoms with van der Waals surface area (Å²) in [6, 6.07) is 12.9. The second-order valence-electron chi connectivity index (χ2n) is 5.80. The van der Waals surface area contributed by atoms with E-state index in [0.717, 1.165) is 16.7 Å². The van der Waals surface area contributed by atoms with Gasteiger partial charge in [0.1, 0.15) is 11.5 Å². The van der Waals surface area contributed by atoms with Crippen molar-refractivity contribution >= 4 is 23.1 Å². The van der Waals surface area contributed by atoms with Gasteiger partial charge < -0.3 is 9.84 Å². The fourth-order valence-corrected chi connectivity index (χ4v) is 2.80. The highest BCUT2D eigenvalue weighted by molar-refractivity contribution is 6.32. The van der Waals surface area contributed by atoms with Crippen LogP contribution in [0.15, 0.2) is 73.0 Å². The Bertz CT molecular complexity index is 879. The molecular formula is C22H21ClO3. The number of carboxylic acid groups (broad SMARTS) is 1. The lowest BCUT2D eigenvalue weighted by atomic mass is 10.0. The molecule has 0 aromatic heterocycles. The van der Waals surface area contributed by atoms with E-state index in [2.05, 4.69) is 6.58 Å². The number of hydrogen-bond acceptors (Lipinski definition) is 2. The van der Waals surface area contributed by atoms with E-state index in [1.807, 2.05) is 44.2 Å². The van der Waals surface area contributed by atoms with Crippen molar-refractivity contribution in [1.29, 1.82) is 0 Å². The Hall–Kier alpha value is -2.78. The molecule has 2 aromatic rings. The molecule has 0 radical (unpaired) electrons. The molecule has 0 aliphatic rings. The van der Waals surface area contributed by atoms with Crippen LogP contribution in [-0.4, -0.2) is 11.1 Å². The lowest BCUT2D eigenvalue weighted by molar-refractivity contribution is -0.136. The molecule has 26 heavy (non-hydrogen) atoms. The first-order valence-corrected chi connectivity index (χ1v) is 8.56. The number of benzene rings is 2. The fourth-order valence-electron chi connectivity index (χ4n) is 2.46. The molecular weight excluding hydrogens is 348 g/mol. The molecule has 0 bridgehead atoms. The molecule has 3 nitrogen and oxygen atoms in total. The van der Waals surface area contributed by atoms with Gasteiger partial charge >= 0.3 is 5.97 Å². The summed E-state index contributed by atoms with van der Waals surface area (Å²) in [7, 11) is 0. The second kappa shape index (κ2) is 9.07. The van der Waals surface area contributed by atoms with Crippen molar-refractivity contribution in [3.63, 3.8) is 0 Å². The van der Waals surface area contributed by atoms with Crippen molar-refractivity contribution in [3.05, 3.63) is 94.7 Å². The van der Waals surface area contributed by atoms with Gasteiger partial charge in [0, 0.05) is 10.6 Å². The molecule has 0 heterocycles. The lowest BCUT2D eigenvalue weighted by Gasteiger charge is -2.11. The number of carboxylic acids is 1. The van der Waals surface area contributed by atoms with Gasteiger partial charge in [0.25, 0.3) is 0 Å². The van der Waals surface area contributed by atoms with E-state index in [4.69, 9.17) is 21.4 Å². The fraction of sp³-hybridized carbons (Fsp3) is 0.136. The van der Waals surface area contributed by atoms with Crippen LogP contribution in [0.3, 0.4) is 0 Å². The minimum absolute atomic E-state index is 0.0465. The molecule has 2 aromatic carbocycles. The van der Waals surface area contributed by atoms with E-state index in [-0.39, 0.29) is 6.42 Å². The highest BCUT2D eigenvalue weighted by atomic mass is 35.5. The zero-order valence-electron chi connectivity index (χ0n) is 14.8. The number of rotatable bonds is 7. The highest BCUT2D eigenvalue weighted by Gasteiger charge is 2.07. The van der Waals surface area contributed by atoms with E-state index < -0.39 is 5.97 Å². The van der Waals surface area contributed by atoms with E-state index in [1.165, 1.54) is 0 Å². The van der Waals surface area contributed by atoms with Crippen molar-refractivity contribution in [2.45, 2.75) is 20.3 Å². The topological polar surface area (TPSA) is 46.5 Å².